The lowest BCUT2D eigenvalue weighted by molar-refractivity contribution is 0.100. The van der Waals surface area contributed by atoms with Gasteiger partial charge in [-0.15, -0.1) is 0 Å². The fourth-order valence-corrected chi connectivity index (χ4v) is 2.97. The summed E-state index contributed by atoms with van der Waals surface area (Å²) in [7, 11) is 0. The van der Waals surface area contributed by atoms with Crippen molar-refractivity contribution in [3.05, 3.63) is 71.2 Å². The lowest BCUT2D eigenvalue weighted by atomic mass is 10.1. The number of nitrogens with two attached hydrogens (primary N) is 1. The van der Waals surface area contributed by atoms with E-state index in [1.807, 2.05) is 25.3 Å². The van der Waals surface area contributed by atoms with E-state index in [4.69, 9.17) is 5.73 Å². The molecule has 0 saturated heterocycles. The average molecular weight is 381 g/mol. The first-order valence-electron chi connectivity index (χ1n) is 9.23. The lowest BCUT2D eigenvalue weighted by Gasteiger charge is -2.11. The van der Waals surface area contributed by atoms with E-state index in [9.17, 15) is 9.18 Å². The smallest absolute Gasteiger partial charge is 0.248 e. The minimum absolute atomic E-state index is 0.246. The Hall–Kier alpha value is -3.35. The topological polar surface area (TPSA) is 95.3 Å². The van der Waals surface area contributed by atoms with Gasteiger partial charge in [-0.25, -0.2) is 9.38 Å². The summed E-state index contributed by atoms with van der Waals surface area (Å²) in [4.78, 5) is 18.8. The van der Waals surface area contributed by atoms with Crippen LogP contribution >= 0.6 is 0 Å². The highest BCUT2D eigenvalue weighted by Gasteiger charge is 2.05. The molecule has 0 aliphatic heterocycles. The van der Waals surface area contributed by atoms with Crippen LogP contribution in [0.5, 0.6) is 0 Å². The number of aliphatic imine (C=N–C) groups is 1. The van der Waals surface area contributed by atoms with Crippen molar-refractivity contribution in [1.82, 2.24) is 15.6 Å². The molecule has 3 rings (SSSR count). The fourth-order valence-electron chi connectivity index (χ4n) is 2.97. The quantitative estimate of drug-likeness (QED) is 0.374. The third-order valence-corrected chi connectivity index (χ3v) is 4.42. The number of rotatable bonds is 7. The molecule has 1 heterocycles. The Labute approximate surface area is 163 Å². The maximum atomic E-state index is 13.3. The number of nitrogens with one attached hydrogen (secondary N) is 3. The van der Waals surface area contributed by atoms with Gasteiger partial charge in [-0.2, -0.15) is 0 Å². The van der Waals surface area contributed by atoms with E-state index in [1.165, 1.54) is 12.1 Å². The van der Waals surface area contributed by atoms with E-state index in [-0.39, 0.29) is 5.82 Å². The molecule has 0 radical (unpaired) electrons. The van der Waals surface area contributed by atoms with Crippen molar-refractivity contribution in [3.63, 3.8) is 0 Å². The van der Waals surface area contributed by atoms with Crippen LogP contribution in [0.1, 0.15) is 28.4 Å². The maximum Gasteiger partial charge on any atom is 0.248 e. The number of primary amides is 1. The molecular weight excluding hydrogens is 357 g/mol. The predicted octanol–water partition coefficient (Wildman–Crippen LogP) is 2.70. The highest BCUT2D eigenvalue weighted by atomic mass is 19.1. The number of carbonyl (C=O) groups excluding carboxylic acids is 1. The summed E-state index contributed by atoms with van der Waals surface area (Å²) in [5, 5.41) is 7.55. The summed E-state index contributed by atoms with van der Waals surface area (Å²) < 4.78 is 13.3. The molecule has 0 aliphatic carbocycles. The number of aromatic nitrogens is 1. The zero-order valence-corrected chi connectivity index (χ0v) is 15.8. The number of halogens is 1. The van der Waals surface area contributed by atoms with Gasteiger partial charge < -0.3 is 21.4 Å². The van der Waals surface area contributed by atoms with Gasteiger partial charge >= 0.3 is 0 Å². The summed E-state index contributed by atoms with van der Waals surface area (Å²) in [5.41, 5.74) is 8.65. The van der Waals surface area contributed by atoms with Gasteiger partial charge in [0.15, 0.2) is 5.96 Å². The van der Waals surface area contributed by atoms with Gasteiger partial charge in [0.1, 0.15) is 5.82 Å². The van der Waals surface area contributed by atoms with Gasteiger partial charge in [-0.1, -0.05) is 12.1 Å². The highest BCUT2D eigenvalue weighted by molar-refractivity contribution is 5.92. The molecule has 0 atom stereocenters. The van der Waals surface area contributed by atoms with Crippen molar-refractivity contribution in [2.45, 2.75) is 19.9 Å². The zero-order valence-electron chi connectivity index (χ0n) is 15.8. The van der Waals surface area contributed by atoms with Crippen LogP contribution in [-0.2, 0) is 13.0 Å². The Bertz CT molecular complexity index is 978. The zero-order chi connectivity index (χ0) is 19.9. The molecule has 0 spiro atoms. The molecular formula is C21H24FN5O. The van der Waals surface area contributed by atoms with Gasteiger partial charge in [-0.3, -0.25) is 4.79 Å². The SMILES string of the molecule is CCNC(=NCc1ccc(C(N)=O)cc1)NCCc1c[nH]c2cc(F)ccc12. The van der Waals surface area contributed by atoms with Gasteiger partial charge in [0.25, 0.3) is 0 Å². The number of benzene rings is 2. The summed E-state index contributed by atoms with van der Waals surface area (Å²) >= 11 is 0. The molecule has 0 saturated carbocycles. The first kappa shape index (κ1) is 19.4. The maximum absolute atomic E-state index is 13.3. The van der Waals surface area contributed by atoms with Gasteiger partial charge in [0.2, 0.25) is 5.91 Å². The molecule has 0 unspecified atom stereocenters. The third kappa shape index (κ3) is 4.88. The van der Waals surface area contributed by atoms with E-state index in [1.54, 1.807) is 18.2 Å². The van der Waals surface area contributed by atoms with Crippen LogP contribution < -0.4 is 16.4 Å². The second-order valence-electron chi connectivity index (χ2n) is 6.44. The number of amides is 1. The van der Waals surface area contributed by atoms with Crippen molar-refractivity contribution >= 4 is 22.8 Å². The minimum atomic E-state index is -0.440. The van der Waals surface area contributed by atoms with Crippen LogP contribution in [0.25, 0.3) is 10.9 Å². The Morgan fingerprint density at radius 3 is 2.68 bits per heavy atom. The van der Waals surface area contributed by atoms with E-state index in [0.717, 1.165) is 35.0 Å². The number of fused-ring (bicyclic) bond motifs is 1. The van der Waals surface area contributed by atoms with E-state index >= 15 is 0 Å². The highest BCUT2D eigenvalue weighted by Crippen LogP contribution is 2.19. The second-order valence-corrected chi connectivity index (χ2v) is 6.44. The number of hydrogen-bond donors (Lipinski definition) is 4. The molecule has 1 amide bonds. The van der Waals surface area contributed by atoms with Crippen LogP contribution in [0.15, 0.2) is 53.7 Å². The standard InChI is InChI=1S/C21H24FN5O/c1-2-24-21(27-12-14-3-5-15(6-4-14)20(23)28)25-10-9-16-13-26-19-11-17(22)7-8-18(16)19/h3-8,11,13,26H,2,9-10,12H2,1H3,(H2,23,28)(H2,24,25,27). The normalized spacial score (nSPS) is 11.6. The predicted molar refractivity (Wildman–Crippen MR) is 110 cm³/mol. The number of aromatic amines is 1. The number of nitrogens with zero attached hydrogens (tertiary/aromatic N) is 1. The molecule has 0 fully saturated rings. The molecule has 28 heavy (non-hydrogen) atoms. The molecule has 0 bridgehead atoms. The third-order valence-electron chi connectivity index (χ3n) is 4.42. The molecule has 146 valence electrons. The summed E-state index contributed by atoms with van der Waals surface area (Å²) in [6.07, 6.45) is 2.69. The second kappa shape index (κ2) is 9.03. The van der Waals surface area contributed by atoms with Gasteiger partial charge in [0, 0.05) is 35.8 Å². The van der Waals surface area contributed by atoms with Crippen molar-refractivity contribution in [3.8, 4) is 0 Å². The van der Waals surface area contributed by atoms with Crippen LogP contribution in [0.3, 0.4) is 0 Å². The van der Waals surface area contributed by atoms with E-state index in [0.29, 0.717) is 24.6 Å². The lowest BCUT2D eigenvalue weighted by Crippen LogP contribution is -2.38. The molecule has 1 aromatic heterocycles. The molecule has 6 nitrogen and oxygen atoms in total. The Kier molecular flexibility index (Phi) is 6.26. The van der Waals surface area contributed by atoms with E-state index < -0.39 is 5.91 Å². The fraction of sp³-hybridized carbons (Fsp3) is 0.238. The number of hydrogen-bond acceptors (Lipinski definition) is 2. The molecule has 5 N–H and O–H groups in total. The summed E-state index contributed by atoms with van der Waals surface area (Å²) in [6, 6.07) is 11.9. The average Bonchev–Trinajstić information content (AvgIpc) is 3.08. The van der Waals surface area contributed by atoms with Crippen LogP contribution in [-0.4, -0.2) is 29.9 Å². The van der Waals surface area contributed by atoms with Crippen molar-refractivity contribution in [1.29, 1.82) is 0 Å². The van der Waals surface area contributed by atoms with Crippen molar-refractivity contribution in [2.75, 3.05) is 13.1 Å². The number of guanidine groups is 1. The molecule has 2 aromatic carbocycles. The molecule has 0 aliphatic rings. The van der Waals surface area contributed by atoms with E-state index in [2.05, 4.69) is 20.6 Å². The van der Waals surface area contributed by atoms with Crippen LogP contribution in [0, 0.1) is 5.82 Å². The summed E-state index contributed by atoms with van der Waals surface area (Å²) in [6.45, 7) is 3.93. The summed E-state index contributed by atoms with van der Waals surface area (Å²) in [5.74, 6) is 0.0295. The number of H-pyrrole nitrogens is 1. The van der Waals surface area contributed by atoms with Crippen LogP contribution in [0.2, 0.25) is 0 Å². The molecule has 7 heteroatoms. The van der Waals surface area contributed by atoms with Gasteiger partial charge in [-0.05, 0) is 54.8 Å². The monoisotopic (exact) mass is 381 g/mol. The number of carbonyl (C=O) groups is 1. The first-order chi connectivity index (χ1) is 13.6. The molecule has 3 aromatic rings. The largest absolute Gasteiger partial charge is 0.366 e. The first-order valence-corrected chi connectivity index (χ1v) is 9.23. The van der Waals surface area contributed by atoms with Crippen LogP contribution in [0.4, 0.5) is 4.39 Å². The minimum Gasteiger partial charge on any atom is -0.366 e. The Morgan fingerprint density at radius 1 is 1.18 bits per heavy atom. The Morgan fingerprint density at radius 2 is 1.96 bits per heavy atom. The Balaban J connectivity index is 1.59. The van der Waals surface area contributed by atoms with Crippen molar-refractivity contribution in [2.24, 2.45) is 10.7 Å². The van der Waals surface area contributed by atoms with Gasteiger partial charge in [0.05, 0.1) is 6.54 Å². The van der Waals surface area contributed by atoms with Crippen molar-refractivity contribution < 1.29 is 9.18 Å².